The number of carbonyl (C=O) groups is 2. The number of likely N-dealkylation sites (tertiary alicyclic amines) is 1. The van der Waals surface area contributed by atoms with Crippen molar-refractivity contribution in [2.24, 2.45) is 13.0 Å². The lowest BCUT2D eigenvalue weighted by Crippen LogP contribution is -2.46. The lowest BCUT2D eigenvalue weighted by atomic mass is 9.96. The number of benzene rings is 2. The second kappa shape index (κ2) is 11.8. The van der Waals surface area contributed by atoms with E-state index >= 15 is 0 Å². The van der Waals surface area contributed by atoms with E-state index in [1.807, 2.05) is 57.2 Å². The molecule has 206 valence electrons. The third-order valence-corrected chi connectivity index (χ3v) is 6.93. The Morgan fingerprint density at radius 2 is 1.85 bits per heavy atom. The van der Waals surface area contributed by atoms with Gasteiger partial charge < -0.3 is 19.4 Å². The Balaban J connectivity index is 1.40. The molecule has 2 atom stereocenters. The molecule has 0 aliphatic carbocycles. The highest BCUT2D eigenvalue weighted by Gasteiger charge is 2.29. The molecular formula is C30H36N4O5. The molecule has 2 amide bonds. The molecule has 4 rings (SSSR count). The minimum absolute atomic E-state index is 0.215. The van der Waals surface area contributed by atoms with Gasteiger partial charge in [0.25, 0.3) is 0 Å². The van der Waals surface area contributed by atoms with Crippen LogP contribution >= 0.6 is 0 Å². The summed E-state index contributed by atoms with van der Waals surface area (Å²) in [6.07, 6.45) is 3.32. The van der Waals surface area contributed by atoms with Gasteiger partial charge in [-0.15, -0.1) is 0 Å². The predicted octanol–water partition coefficient (Wildman–Crippen LogP) is 4.78. The van der Waals surface area contributed by atoms with Crippen LogP contribution in [-0.2, 0) is 23.0 Å². The molecule has 9 heteroatoms. The highest BCUT2D eigenvalue weighted by atomic mass is 16.6. The Morgan fingerprint density at radius 3 is 2.54 bits per heavy atom. The van der Waals surface area contributed by atoms with Gasteiger partial charge in [0.15, 0.2) is 5.58 Å². The third kappa shape index (κ3) is 7.08. The third-order valence-electron chi connectivity index (χ3n) is 6.93. The Labute approximate surface area is 228 Å². The van der Waals surface area contributed by atoms with Gasteiger partial charge in [0.2, 0.25) is 5.91 Å². The van der Waals surface area contributed by atoms with E-state index in [0.717, 1.165) is 36.0 Å². The largest absolute Gasteiger partial charge is 0.444 e. The van der Waals surface area contributed by atoms with Crippen molar-refractivity contribution in [3.05, 3.63) is 58.6 Å². The summed E-state index contributed by atoms with van der Waals surface area (Å²) in [6, 6.07) is 14.9. The summed E-state index contributed by atoms with van der Waals surface area (Å²) in [5.74, 6) is -1.02. The minimum atomic E-state index is -0.694. The number of aromatic nitrogens is 1. The summed E-state index contributed by atoms with van der Waals surface area (Å²) in [6.45, 7) is 6.30. The molecule has 2 aromatic carbocycles. The lowest BCUT2D eigenvalue weighted by molar-refractivity contribution is -0.126. The van der Waals surface area contributed by atoms with Crippen molar-refractivity contribution in [1.82, 2.24) is 14.8 Å². The van der Waals surface area contributed by atoms with Crippen molar-refractivity contribution in [3.8, 4) is 17.2 Å². The summed E-state index contributed by atoms with van der Waals surface area (Å²) >= 11 is 0. The maximum Gasteiger partial charge on any atom is 0.419 e. The second-order valence-electron chi connectivity index (χ2n) is 11.2. The molecule has 1 saturated heterocycles. The second-order valence-corrected chi connectivity index (χ2v) is 11.2. The van der Waals surface area contributed by atoms with E-state index in [1.54, 1.807) is 18.0 Å². The number of nitrogens with zero attached hydrogens (tertiary/aromatic N) is 3. The topological polar surface area (TPSA) is 118 Å². The Morgan fingerprint density at radius 1 is 1.13 bits per heavy atom. The van der Waals surface area contributed by atoms with Crippen molar-refractivity contribution in [3.63, 3.8) is 0 Å². The first-order chi connectivity index (χ1) is 18.5. The molecule has 1 unspecified atom stereocenters. The Bertz CT molecular complexity index is 1420. The van der Waals surface area contributed by atoms with Crippen LogP contribution in [-0.4, -0.2) is 46.2 Å². The van der Waals surface area contributed by atoms with Gasteiger partial charge in [-0.25, -0.2) is 9.59 Å². The van der Waals surface area contributed by atoms with Crippen LogP contribution in [0.4, 0.5) is 4.79 Å². The van der Waals surface area contributed by atoms with Crippen LogP contribution < -0.4 is 11.1 Å². The number of rotatable bonds is 5. The van der Waals surface area contributed by atoms with Gasteiger partial charge in [0, 0.05) is 26.6 Å². The number of hydrogen-bond donors (Lipinski definition) is 1. The van der Waals surface area contributed by atoms with Gasteiger partial charge in [0.05, 0.1) is 17.5 Å². The molecular weight excluding hydrogens is 496 g/mol. The number of oxazole rings is 1. The van der Waals surface area contributed by atoms with Crippen LogP contribution in [0.25, 0.3) is 22.2 Å². The molecule has 1 aliphatic rings. The van der Waals surface area contributed by atoms with Gasteiger partial charge in [-0.3, -0.25) is 9.36 Å². The van der Waals surface area contributed by atoms with E-state index in [4.69, 9.17) is 9.15 Å². The molecule has 9 nitrogen and oxygen atoms in total. The Hall–Kier alpha value is -4.06. The van der Waals surface area contributed by atoms with Crippen LogP contribution in [0.3, 0.4) is 0 Å². The van der Waals surface area contributed by atoms with Crippen molar-refractivity contribution < 1.29 is 18.7 Å². The number of ether oxygens (including phenoxy) is 1. The van der Waals surface area contributed by atoms with E-state index in [0.29, 0.717) is 30.5 Å². The zero-order valence-electron chi connectivity index (χ0n) is 23.0. The lowest BCUT2D eigenvalue weighted by Gasteiger charge is -2.31. The van der Waals surface area contributed by atoms with Crippen LogP contribution in [0.2, 0.25) is 0 Å². The maximum absolute atomic E-state index is 13.2. The summed E-state index contributed by atoms with van der Waals surface area (Å²) in [4.78, 5) is 39.3. The summed E-state index contributed by atoms with van der Waals surface area (Å²) < 4.78 is 12.2. The fourth-order valence-electron chi connectivity index (χ4n) is 4.82. The number of nitriles is 1. The van der Waals surface area contributed by atoms with Crippen LogP contribution in [0.1, 0.15) is 52.0 Å². The smallest absolute Gasteiger partial charge is 0.419 e. The normalized spacial score (nSPS) is 17.1. The first-order valence-corrected chi connectivity index (χ1v) is 13.4. The number of carbonyl (C=O) groups excluding carboxylic acids is 2. The van der Waals surface area contributed by atoms with Crippen molar-refractivity contribution in [1.29, 1.82) is 5.26 Å². The molecule has 0 radical (unpaired) electrons. The van der Waals surface area contributed by atoms with Gasteiger partial charge in [-0.2, -0.15) is 5.26 Å². The maximum atomic E-state index is 13.2. The highest BCUT2D eigenvalue weighted by molar-refractivity contribution is 5.81. The Kier molecular flexibility index (Phi) is 8.44. The number of hydrogen-bond acceptors (Lipinski definition) is 6. The monoisotopic (exact) mass is 532 g/mol. The zero-order chi connectivity index (χ0) is 28.2. The number of nitrogens with one attached hydrogen (secondary N) is 1. The molecule has 0 saturated carbocycles. The molecule has 1 N–H and O–H groups in total. The average molecular weight is 533 g/mol. The van der Waals surface area contributed by atoms with E-state index < -0.39 is 29.4 Å². The summed E-state index contributed by atoms with van der Waals surface area (Å²) in [7, 11) is 1.67. The van der Waals surface area contributed by atoms with Crippen molar-refractivity contribution >= 4 is 23.1 Å². The molecule has 39 heavy (non-hydrogen) atoms. The molecule has 1 fully saturated rings. The average Bonchev–Trinajstić information content (AvgIpc) is 3.15. The molecule has 0 spiro atoms. The first-order valence-electron chi connectivity index (χ1n) is 13.4. The standard InChI is InChI=1S/C30H36N4O5/c1-30(2,3)39-29(37)34-15-7-5-6-8-23(19-34)27(35)32-24(18-31)16-20-9-11-21(12-10-20)22-13-14-26-25(17-22)33(4)28(36)38-26/h9-14,17,23-24H,5-8,15-16,19H2,1-4H3,(H,32,35)/t23?,24-/m0/s1. The van der Waals surface area contributed by atoms with E-state index in [-0.39, 0.29) is 12.5 Å². The van der Waals surface area contributed by atoms with Crippen molar-refractivity contribution in [2.45, 2.75) is 64.5 Å². The minimum Gasteiger partial charge on any atom is -0.444 e. The number of fused-ring (bicyclic) bond motifs is 1. The van der Waals surface area contributed by atoms with Gasteiger partial charge in [0.1, 0.15) is 11.6 Å². The molecule has 0 bridgehead atoms. The molecule has 1 aliphatic heterocycles. The quantitative estimate of drug-likeness (QED) is 0.506. The predicted molar refractivity (Wildman–Crippen MR) is 148 cm³/mol. The fourth-order valence-corrected chi connectivity index (χ4v) is 4.82. The van der Waals surface area contributed by atoms with Gasteiger partial charge in [-0.1, -0.05) is 43.2 Å². The summed E-state index contributed by atoms with van der Waals surface area (Å²) in [5, 5.41) is 12.7. The van der Waals surface area contributed by atoms with E-state index in [9.17, 15) is 19.6 Å². The van der Waals surface area contributed by atoms with Gasteiger partial charge in [-0.05, 0) is 62.4 Å². The van der Waals surface area contributed by atoms with E-state index in [2.05, 4.69) is 11.4 Å². The molecule has 1 aromatic heterocycles. The van der Waals surface area contributed by atoms with Gasteiger partial charge >= 0.3 is 11.8 Å². The SMILES string of the molecule is Cn1c(=O)oc2ccc(-c3ccc(C[C@@H](C#N)NC(=O)C4CCCCCN(C(=O)OC(C)(C)C)C4)cc3)cc21. The first kappa shape index (κ1) is 28.0. The van der Waals surface area contributed by atoms with Crippen LogP contribution in [0, 0.1) is 17.2 Å². The molecule has 2 heterocycles. The number of aryl methyl sites for hydroxylation is 1. The fraction of sp³-hybridized carbons (Fsp3) is 0.467. The van der Waals surface area contributed by atoms with Crippen molar-refractivity contribution in [2.75, 3.05) is 13.1 Å². The summed E-state index contributed by atoms with van der Waals surface area (Å²) in [5.41, 5.74) is 3.46. The van der Waals surface area contributed by atoms with Crippen LogP contribution in [0.5, 0.6) is 0 Å². The number of amides is 2. The van der Waals surface area contributed by atoms with E-state index in [1.165, 1.54) is 4.57 Å². The highest BCUT2D eigenvalue weighted by Crippen LogP contribution is 2.25. The molecule has 3 aromatic rings. The zero-order valence-corrected chi connectivity index (χ0v) is 23.0. The van der Waals surface area contributed by atoms with Crippen LogP contribution in [0.15, 0.2) is 51.7 Å².